The number of carbonyl (C=O) groups is 2. The number of anilines is 3. The third-order valence-electron chi connectivity index (χ3n) is 5.84. The van der Waals surface area contributed by atoms with Gasteiger partial charge in [0.15, 0.2) is 0 Å². The maximum atomic E-state index is 11.9. The van der Waals surface area contributed by atoms with Crippen LogP contribution in [0.1, 0.15) is 51.0 Å². The molecular weight excluding hydrogens is 466 g/mol. The van der Waals surface area contributed by atoms with Crippen LogP contribution in [0.2, 0.25) is 0 Å². The van der Waals surface area contributed by atoms with Gasteiger partial charge in [-0.25, -0.2) is 9.59 Å². The minimum Gasteiger partial charge on any atom is -0.497 e. The van der Waals surface area contributed by atoms with Gasteiger partial charge in [-0.3, -0.25) is 0 Å². The highest BCUT2D eigenvalue weighted by atomic mass is 16.5. The van der Waals surface area contributed by atoms with Crippen LogP contribution in [-0.2, 0) is 19.1 Å². The highest BCUT2D eigenvalue weighted by molar-refractivity contribution is 5.87. The topological polar surface area (TPSA) is 65.1 Å². The number of rotatable bonds is 10. The van der Waals surface area contributed by atoms with Crippen LogP contribution in [0.4, 0.5) is 17.1 Å². The van der Waals surface area contributed by atoms with Gasteiger partial charge in [-0.2, -0.15) is 0 Å². The molecular formula is C31H33NO5. The highest BCUT2D eigenvalue weighted by Gasteiger charge is 2.17. The van der Waals surface area contributed by atoms with Gasteiger partial charge in [0.2, 0.25) is 0 Å². The van der Waals surface area contributed by atoms with Gasteiger partial charge in [-0.1, -0.05) is 37.4 Å². The summed E-state index contributed by atoms with van der Waals surface area (Å²) in [6.07, 6.45) is -0.814. The SMILES string of the molecule is C=C(C)C(=O)OC(C)c1ccc(N(c2ccc(OC)cc2)c2ccc(C(C)OC(=O)C(=C)C)cc2)cc1. The van der Waals surface area contributed by atoms with Gasteiger partial charge in [-0.05, 0) is 87.4 Å². The minimum absolute atomic E-state index is 0.362. The molecule has 0 amide bonds. The van der Waals surface area contributed by atoms with Crippen molar-refractivity contribution in [3.63, 3.8) is 0 Å². The lowest BCUT2D eigenvalue weighted by Gasteiger charge is -2.26. The maximum Gasteiger partial charge on any atom is 0.333 e. The van der Waals surface area contributed by atoms with E-state index in [1.807, 2.05) is 86.6 Å². The fraction of sp³-hybridized carbons (Fsp3) is 0.226. The first kappa shape index (κ1) is 27.3. The number of benzene rings is 3. The molecule has 3 aromatic rings. The third kappa shape index (κ3) is 6.88. The number of nitrogens with zero attached hydrogens (tertiary/aromatic N) is 1. The molecule has 2 unspecified atom stereocenters. The van der Waals surface area contributed by atoms with E-state index in [1.54, 1.807) is 21.0 Å². The first-order valence-electron chi connectivity index (χ1n) is 12.0. The second-order valence-electron chi connectivity index (χ2n) is 8.87. The van der Waals surface area contributed by atoms with Gasteiger partial charge >= 0.3 is 11.9 Å². The molecule has 0 spiro atoms. The Hall–Kier alpha value is -4.32. The van der Waals surface area contributed by atoms with E-state index < -0.39 is 24.1 Å². The average molecular weight is 500 g/mol. The van der Waals surface area contributed by atoms with Crippen molar-refractivity contribution in [1.82, 2.24) is 0 Å². The fourth-order valence-electron chi connectivity index (χ4n) is 3.63. The molecule has 2 atom stereocenters. The van der Waals surface area contributed by atoms with Gasteiger partial charge in [0.05, 0.1) is 7.11 Å². The summed E-state index contributed by atoms with van der Waals surface area (Å²) in [6, 6.07) is 23.5. The summed E-state index contributed by atoms with van der Waals surface area (Å²) in [5.41, 5.74) is 5.24. The highest BCUT2D eigenvalue weighted by Crippen LogP contribution is 2.36. The van der Waals surface area contributed by atoms with Crippen molar-refractivity contribution in [3.8, 4) is 5.75 Å². The van der Waals surface area contributed by atoms with E-state index in [0.717, 1.165) is 33.9 Å². The number of hydrogen-bond donors (Lipinski definition) is 0. The smallest absolute Gasteiger partial charge is 0.333 e. The second-order valence-corrected chi connectivity index (χ2v) is 8.87. The average Bonchev–Trinajstić information content (AvgIpc) is 2.89. The zero-order chi connectivity index (χ0) is 27.1. The van der Waals surface area contributed by atoms with Gasteiger partial charge in [0, 0.05) is 28.2 Å². The van der Waals surface area contributed by atoms with Crippen molar-refractivity contribution >= 4 is 29.0 Å². The van der Waals surface area contributed by atoms with Crippen LogP contribution < -0.4 is 9.64 Å². The van der Waals surface area contributed by atoms with Crippen molar-refractivity contribution < 1.29 is 23.8 Å². The molecule has 6 heteroatoms. The standard InChI is InChI=1S/C31H33NO5/c1-20(2)30(33)36-22(5)24-8-12-26(13-9-24)32(28-16-18-29(35-7)19-17-28)27-14-10-25(11-15-27)23(6)37-31(34)21(3)4/h8-19,22-23H,1,3H2,2,4-7H3. The van der Waals surface area contributed by atoms with E-state index >= 15 is 0 Å². The van der Waals surface area contributed by atoms with E-state index in [-0.39, 0.29) is 0 Å². The Balaban J connectivity index is 1.92. The van der Waals surface area contributed by atoms with Crippen LogP contribution in [-0.4, -0.2) is 19.0 Å². The van der Waals surface area contributed by atoms with E-state index in [2.05, 4.69) is 18.1 Å². The van der Waals surface area contributed by atoms with Gasteiger partial charge in [0.1, 0.15) is 18.0 Å². The predicted octanol–water partition coefficient (Wildman–Crippen LogP) is 7.53. The molecule has 6 nitrogen and oxygen atoms in total. The van der Waals surface area contributed by atoms with Crippen LogP contribution in [0, 0.1) is 0 Å². The van der Waals surface area contributed by atoms with Crippen LogP contribution in [0.3, 0.4) is 0 Å². The van der Waals surface area contributed by atoms with E-state index in [9.17, 15) is 9.59 Å². The molecule has 0 saturated carbocycles. The van der Waals surface area contributed by atoms with E-state index in [1.165, 1.54) is 0 Å². The van der Waals surface area contributed by atoms with Gasteiger partial charge in [-0.15, -0.1) is 0 Å². The van der Waals surface area contributed by atoms with Crippen molar-refractivity contribution in [2.24, 2.45) is 0 Å². The summed E-state index contributed by atoms with van der Waals surface area (Å²) in [4.78, 5) is 25.9. The lowest BCUT2D eigenvalue weighted by atomic mass is 10.1. The Bertz CT molecular complexity index is 1180. The molecule has 0 aliphatic carbocycles. The fourth-order valence-corrected chi connectivity index (χ4v) is 3.63. The van der Waals surface area contributed by atoms with Crippen LogP contribution >= 0.6 is 0 Å². The number of methoxy groups -OCH3 is 1. The molecule has 0 bridgehead atoms. The molecule has 0 fully saturated rings. The summed E-state index contributed by atoms with van der Waals surface area (Å²) < 4.78 is 16.3. The minimum atomic E-state index is -0.417. The first-order chi connectivity index (χ1) is 17.6. The van der Waals surface area contributed by atoms with E-state index in [0.29, 0.717) is 11.1 Å². The molecule has 0 aromatic heterocycles. The molecule has 3 aromatic carbocycles. The molecule has 0 aliphatic heterocycles. The normalized spacial score (nSPS) is 12.1. The summed E-state index contributed by atoms with van der Waals surface area (Å²) >= 11 is 0. The zero-order valence-electron chi connectivity index (χ0n) is 22.0. The predicted molar refractivity (Wildman–Crippen MR) is 146 cm³/mol. The zero-order valence-corrected chi connectivity index (χ0v) is 22.0. The molecule has 0 N–H and O–H groups in total. The Morgan fingerprint density at radius 3 is 1.27 bits per heavy atom. The molecule has 0 heterocycles. The third-order valence-corrected chi connectivity index (χ3v) is 5.84. The van der Waals surface area contributed by atoms with Crippen molar-refractivity contribution in [2.45, 2.75) is 39.9 Å². The Labute approximate surface area is 218 Å². The van der Waals surface area contributed by atoms with Crippen molar-refractivity contribution in [2.75, 3.05) is 12.0 Å². The second kappa shape index (κ2) is 12.1. The van der Waals surface area contributed by atoms with Gasteiger partial charge in [0.25, 0.3) is 0 Å². The van der Waals surface area contributed by atoms with Crippen molar-refractivity contribution in [3.05, 3.63) is 108 Å². The lowest BCUT2D eigenvalue weighted by molar-refractivity contribution is -0.144. The Morgan fingerprint density at radius 2 is 0.973 bits per heavy atom. The number of carbonyl (C=O) groups excluding carboxylic acids is 2. The molecule has 0 radical (unpaired) electrons. The first-order valence-corrected chi connectivity index (χ1v) is 12.0. The Morgan fingerprint density at radius 1 is 0.649 bits per heavy atom. The molecule has 3 rings (SSSR count). The van der Waals surface area contributed by atoms with Crippen LogP contribution in [0.25, 0.3) is 0 Å². The van der Waals surface area contributed by atoms with Crippen LogP contribution in [0.5, 0.6) is 5.75 Å². The molecule has 0 saturated heterocycles. The largest absolute Gasteiger partial charge is 0.497 e. The monoisotopic (exact) mass is 499 g/mol. The summed E-state index contributed by atoms with van der Waals surface area (Å²) in [5.74, 6) is -0.0740. The number of ether oxygens (including phenoxy) is 3. The molecule has 192 valence electrons. The molecule has 0 aliphatic rings. The summed E-state index contributed by atoms with van der Waals surface area (Å²) in [7, 11) is 1.63. The van der Waals surface area contributed by atoms with Crippen LogP contribution in [0.15, 0.2) is 97.1 Å². The van der Waals surface area contributed by atoms with Gasteiger partial charge < -0.3 is 19.1 Å². The quantitative estimate of drug-likeness (QED) is 0.212. The number of esters is 2. The molecule has 37 heavy (non-hydrogen) atoms. The summed E-state index contributed by atoms with van der Waals surface area (Å²) in [6.45, 7) is 14.2. The number of hydrogen-bond acceptors (Lipinski definition) is 6. The lowest BCUT2D eigenvalue weighted by Crippen LogP contribution is -2.12. The summed E-state index contributed by atoms with van der Waals surface area (Å²) in [5, 5.41) is 0. The van der Waals surface area contributed by atoms with Crippen molar-refractivity contribution in [1.29, 1.82) is 0 Å². The maximum absolute atomic E-state index is 11.9. The van der Waals surface area contributed by atoms with E-state index in [4.69, 9.17) is 14.2 Å². The Kier molecular flexibility index (Phi) is 8.90.